The molecule has 33 heavy (non-hydrogen) atoms. The van der Waals surface area contributed by atoms with E-state index in [1.54, 1.807) is 16.7 Å². The number of fused-ring (bicyclic) bond motifs is 1. The van der Waals surface area contributed by atoms with E-state index in [9.17, 15) is 4.79 Å². The quantitative estimate of drug-likeness (QED) is 0.399. The smallest absolute Gasteiger partial charge is 0.274 e. The second-order valence-corrected chi connectivity index (χ2v) is 9.94. The summed E-state index contributed by atoms with van der Waals surface area (Å²) in [4.78, 5) is 24.6. The molecule has 0 N–H and O–H groups in total. The molecule has 5 rings (SSSR count). The normalized spacial score (nSPS) is 19.0. The van der Waals surface area contributed by atoms with Crippen LogP contribution in [-0.2, 0) is 11.2 Å². The summed E-state index contributed by atoms with van der Waals surface area (Å²) in [5, 5.41) is 1.75. The van der Waals surface area contributed by atoms with Crippen LogP contribution < -0.4 is 9.80 Å². The van der Waals surface area contributed by atoms with Gasteiger partial charge < -0.3 is 4.90 Å². The maximum absolute atomic E-state index is 13.8. The van der Waals surface area contributed by atoms with Gasteiger partial charge in [0.15, 0.2) is 5.17 Å². The van der Waals surface area contributed by atoms with Gasteiger partial charge in [-0.25, -0.2) is 0 Å². The first-order chi connectivity index (χ1) is 16.2. The van der Waals surface area contributed by atoms with Crippen LogP contribution in [0.5, 0.6) is 0 Å². The van der Waals surface area contributed by atoms with E-state index in [0.29, 0.717) is 6.54 Å². The molecule has 4 nitrogen and oxygen atoms in total. The number of aliphatic imine (C=N–C) groups is 1. The minimum Gasteiger partial charge on any atom is -0.334 e. The first kappa shape index (κ1) is 21.9. The van der Waals surface area contributed by atoms with Crippen LogP contribution in [0.25, 0.3) is 0 Å². The molecule has 1 saturated heterocycles. The Kier molecular flexibility index (Phi) is 6.29. The van der Waals surface area contributed by atoms with Gasteiger partial charge in [-0.05, 0) is 67.4 Å². The van der Waals surface area contributed by atoms with Crippen molar-refractivity contribution in [1.82, 2.24) is 0 Å². The molecule has 2 aliphatic heterocycles. The van der Waals surface area contributed by atoms with Gasteiger partial charge in [-0.15, -0.1) is 0 Å². The minimum absolute atomic E-state index is 0.00202. The number of benzene rings is 3. The zero-order valence-electron chi connectivity index (χ0n) is 18.7. The van der Waals surface area contributed by atoms with Crippen molar-refractivity contribution in [3.63, 3.8) is 0 Å². The number of carbonyl (C=O) groups excluding carboxylic acids is 1. The van der Waals surface area contributed by atoms with Gasteiger partial charge in [0.1, 0.15) is 9.93 Å². The van der Waals surface area contributed by atoms with E-state index in [-0.39, 0.29) is 5.91 Å². The summed E-state index contributed by atoms with van der Waals surface area (Å²) in [5.74, 6) is -0.00202. The summed E-state index contributed by atoms with van der Waals surface area (Å²) < 4.78 is 0. The first-order valence-electron chi connectivity index (χ1n) is 11.1. The molecule has 3 aromatic carbocycles. The number of hydrogen-bond donors (Lipinski definition) is 0. The second kappa shape index (κ2) is 9.49. The summed E-state index contributed by atoms with van der Waals surface area (Å²) in [7, 11) is 0. The van der Waals surface area contributed by atoms with Crippen molar-refractivity contribution in [3.05, 3.63) is 99.9 Å². The molecule has 166 valence electrons. The molecular weight excluding hydrogens is 446 g/mol. The molecule has 0 unspecified atom stereocenters. The van der Waals surface area contributed by atoms with Gasteiger partial charge in [0.2, 0.25) is 0 Å². The maximum Gasteiger partial charge on any atom is 0.274 e. The number of hydrogen-bond acceptors (Lipinski definition) is 5. The van der Waals surface area contributed by atoms with E-state index in [4.69, 9.17) is 4.99 Å². The number of thioether (sulfide) groups is 2. The number of rotatable bonds is 5. The van der Waals surface area contributed by atoms with Crippen molar-refractivity contribution in [2.24, 2.45) is 4.99 Å². The molecule has 0 radical (unpaired) electrons. The average molecular weight is 472 g/mol. The largest absolute Gasteiger partial charge is 0.334 e. The van der Waals surface area contributed by atoms with E-state index >= 15 is 0 Å². The van der Waals surface area contributed by atoms with Crippen LogP contribution in [0.1, 0.15) is 18.1 Å². The molecule has 2 aliphatic rings. The highest BCUT2D eigenvalue weighted by Gasteiger charge is 2.40. The fraction of sp³-hybridized carbons (Fsp3) is 0.185. The lowest BCUT2D eigenvalue weighted by Gasteiger charge is -2.19. The summed E-state index contributed by atoms with van der Waals surface area (Å²) in [5.41, 5.74) is 4.39. The highest BCUT2D eigenvalue weighted by atomic mass is 32.2. The SMILES string of the molecule is CCN1C(=C2SC(=NCCc3ccccc3)N(c3cccc(C)c3)C2=O)Sc2ccccc21. The molecule has 3 aromatic rings. The number of carbonyl (C=O) groups is 1. The molecule has 2 heterocycles. The highest BCUT2D eigenvalue weighted by molar-refractivity contribution is 8.20. The third-order valence-corrected chi connectivity index (χ3v) is 8.03. The van der Waals surface area contributed by atoms with E-state index < -0.39 is 0 Å². The Morgan fingerprint density at radius 3 is 2.48 bits per heavy atom. The van der Waals surface area contributed by atoms with E-state index in [1.807, 2.05) is 55.5 Å². The van der Waals surface area contributed by atoms with Crippen molar-refractivity contribution >= 4 is 46.0 Å². The minimum atomic E-state index is -0.00202. The van der Waals surface area contributed by atoms with Gasteiger partial charge in [-0.2, -0.15) is 0 Å². The van der Waals surface area contributed by atoms with Crippen LogP contribution in [0.2, 0.25) is 0 Å². The lowest BCUT2D eigenvalue weighted by Crippen LogP contribution is -2.30. The summed E-state index contributed by atoms with van der Waals surface area (Å²) >= 11 is 3.17. The number of aryl methyl sites for hydroxylation is 1. The van der Waals surface area contributed by atoms with Crippen molar-refractivity contribution in [1.29, 1.82) is 0 Å². The van der Waals surface area contributed by atoms with Gasteiger partial charge in [0.05, 0.1) is 11.4 Å². The van der Waals surface area contributed by atoms with Crippen molar-refractivity contribution in [2.75, 3.05) is 22.9 Å². The van der Waals surface area contributed by atoms with Crippen LogP contribution in [0.4, 0.5) is 11.4 Å². The topological polar surface area (TPSA) is 35.9 Å². The molecule has 0 spiro atoms. The van der Waals surface area contributed by atoms with Crippen molar-refractivity contribution in [2.45, 2.75) is 25.2 Å². The van der Waals surface area contributed by atoms with Gasteiger partial charge in [-0.3, -0.25) is 14.7 Å². The standard InChI is InChI=1S/C27H25N3OS2/c1-3-29-22-14-7-8-15-23(22)32-26(29)24-25(31)30(21-13-9-10-19(2)18-21)27(33-24)28-17-16-20-11-5-4-6-12-20/h4-15,18H,3,16-17H2,1-2H3. The maximum atomic E-state index is 13.8. The van der Waals surface area contributed by atoms with E-state index in [0.717, 1.165) is 45.0 Å². The van der Waals surface area contributed by atoms with Crippen LogP contribution in [0.3, 0.4) is 0 Å². The fourth-order valence-electron chi connectivity index (χ4n) is 4.05. The molecule has 0 atom stereocenters. The average Bonchev–Trinajstić information content (AvgIpc) is 3.36. The van der Waals surface area contributed by atoms with Crippen LogP contribution in [0.15, 0.2) is 98.7 Å². The van der Waals surface area contributed by atoms with Gasteiger partial charge in [0.25, 0.3) is 5.91 Å². The Morgan fingerprint density at radius 2 is 1.70 bits per heavy atom. The number of nitrogens with zero attached hydrogens (tertiary/aromatic N) is 3. The molecule has 0 saturated carbocycles. The predicted molar refractivity (Wildman–Crippen MR) is 141 cm³/mol. The monoisotopic (exact) mass is 471 g/mol. The summed E-state index contributed by atoms with van der Waals surface area (Å²) in [6, 6.07) is 26.8. The number of amides is 1. The summed E-state index contributed by atoms with van der Waals surface area (Å²) in [6.07, 6.45) is 0.841. The third kappa shape index (κ3) is 4.33. The molecule has 0 aliphatic carbocycles. The first-order valence-corrected chi connectivity index (χ1v) is 12.7. The number of amidine groups is 1. The molecule has 0 bridgehead atoms. The zero-order chi connectivity index (χ0) is 22.8. The molecule has 0 aromatic heterocycles. The van der Waals surface area contributed by atoms with Crippen LogP contribution in [-0.4, -0.2) is 24.2 Å². The Labute approximate surface area is 203 Å². The van der Waals surface area contributed by atoms with Gasteiger partial charge >= 0.3 is 0 Å². The molecule has 1 fully saturated rings. The fourth-order valence-corrected chi connectivity index (χ4v) is 6.44. The predicted octanol–water partition coefficient (Wildman–Crippen LogP) is 6.47. The molecular formula is C27H25N3OS2. The third-order valence-electron chi connectivity index (χ3n) is 5.65. The van der Waals surface area contributed by atoms with E-state index in [2.05, 4.69) is 42.2 Å². The summed E-state index contributed by atoms with van der Waals surface area (Å²) in [6.45, 7) is 5.61. The van der Waals surface area contributed by atoms with Crippen molar-refractivity contribution < 1.29 is 4.79 Å². The molecule has 1 amide bonds. The number of para-hydroxylation sites is 1. The van der Waals surface area contributed by atoms with Crippen molar-refractivity contribution in [3.8, 4) is 0 Å². The highest BCUT2D eigenvalue weighted by Crippen LogP contribution is 2.50. The Morgan fingerprint density at radius 1 is 0.909 bits per heavy atom. The second-order valence-electron chi connectivity index (χ2n) is 7.93. The zero-order valence-corrected chi connectivity index (χ0v) is 20.3. The lowest BCUT2D eigenvalue weighted by molar-refractivity contribution is -0.113. The van der Waals surface area contributed by atoms with Crippen LogP contribution in [0, 0.1) is 6.92 Å². The Balaban J connectivity index is 1.52. The van der Waals surface area contributed by atoms with Crippen LogP contribution >= 0.6 is 23.5 Å². The Hall–Kier alpha value is -2.96. The van der Waals surface area contributed by atoms with Gasteiger partial charge in [0, 0.05) is 18.0 Å². The van der Waals surface area contributed by atoms with E-state index in [1.165, 1.54) is 22.2 Å². The molecule has 6 heteroatoms. The lowest BCUT2D eigenvalue weighted by atomic mass is 10.2. The Bertz CT molecular complexity index is 1250. The van der Waals surface area contributed by atoms with Gasteiger partial charge in [-0.1, -0.05) is 66.4 Å². The number of anilines is 2.